The lowest BCUT2D eigenvalue weighted by molar-refractivity contribution is -0.276. The number of hydrogen-bond donors (Lipinski definition) is 0. The minimum atomic E-state index is -4.86. The van der Waals surface area contributed by atoms with Gasteiger partial charge in [-0.15, -0.1) is 13.2 Å². The number of methoxy groups -OCH3 is 1. The summed E-state index contributed by atoms with van der Waals surface area (Å²) in [6, 6.07) is 1.05. The summed E-state index contributed by atoms with van der Waals surface area (Å²) in [4.78, 5) is 14.1. The summed E-state index contributed by atoms with van der Waals surface area (Å²) in [5, 5.41) is 0.202. The Morgan fingerprint density at radius 3 is 2.59 bits per heavy atom. The Balaban J connectivity index is 3.22. The molecule has 0 aliphatic heterocycles. The molecule has 0 unspecified atom stereocenters. The van der Waals surface area contributed by atoms with Crippen LogP contribution in [0.4, 0.5) is 13.2 Å². The highest BCUT2D eigenvalue weighted by atomic mass is 79.9. The standard InChI is InChI=1S/C9H7BrF3NO3/c1-16-8-5(3-10)2-7(14-6(8)4-15)17-9(11,12)13/h2,4H,3H2,1H3. The molecule has 0 radical (unpaired) electrons. The fourth-order valence-electron chi connectivity index (χ4n) is 1.17. The summed E-state index contributed by atoms with van der Waals surface area (Å²) < 4.78 is 44.5. The van der Waals surface area contributed by atoms with Gasteiger partial charge in [0.2, 0.25) is 5.88 Å². The second-order valence-corrected chi connectivity index (χ2v) is 3.40. The molecule has 1 aromatic heterocycles. The monoisotopic (exact) mass is 313 g/mol. The lowest BCUT2D eigenvalue weighted by Gasteiger charge is -2.12. The molecule has 0 fully saturated rings. The summed E-state index contributed by atoms with van der Waals surface area (Å²) in [7, 11) is 1.29. The first-order valence-corrected chi connectivity index (χ1v) is 5.38. The minimum Gasteiger partial charge on any atom is -0.494 e. The van der Waals surface area contributed by atoms with Gasteiger partial charge < -0.3 is 9.47 Å². The third kappa shape index (κ3) is 3.58. The molecule has 17 heavy (non-hydrogen) atoms. The maximum absolute atomic E-state index is 12.0. The molecule has 8 heteroatoms. The van der Waals surface area contributed by atoms with Crippen LogP contribution >= 0.6 is 15.9 Å². The smallest absolute Gasteiger partial charge is 0.494 e. The molecule has 0 bridgehead atoms. The SMILES string of the molecule is COc1c(CBr)cc(OC(F)(F)F)nc1C=O. The van der Waals surface area contributed by atoms with Crippen LogP contribution in [0.1, 0.15) is 16.1 Å². The van der Waals surface area contributed by atoms with Crippen LogP contribution < -0.4 is 9.47 Å². The Bertz CT molecular complexity index is 423. The van der Waals surface area contributed by atoms with E-state index in [9.17, 15) is 18.0 Å². The topological polar surface area (TPSA) is 48.4 Å². The van der Waals surface area contributed by atoms with Gasteiger partial charge in [-0.25, -0.2) is 4.98 Å². The zero-order chi connectivity index (χ0) is 13.1. The zero-order valence-electron chi connectivity index (χ0n) is 8.55. The maximum atomic E-state index is 12.0. The molecule has 0 saturated carbocycles. The van der Waals surface area contributed by atoms with E-state index in [4.69, 9.17) is 4.74 Å². The van der Waals surface area contributed by atoms with Gasteiger partial charge >= 0.3 is 6.36 Å². The van der Waals surface area contributed by atoms with E-state index in [0.717, 1.165) is 6.07 Å². The molecule has 0 amide bonds. The predicted molar refractivity (Wildman–Crippen MR) is 55.5 cm³/mol. The highest BCUT2D eigenvalue weighted by Crippen LogP contribution is 2.29. The number of aromatic nitrogens is 1. The third-order valence-electron chi connectivity index (χ3n) is 1.73. The quantitative estimate of drug-likeness (QED) is 0.633. The second kappa shape index (κ2) is 5.35. The molecule has 0 aromatic carbocycles. The molecule has 4 nitrogen and oxygen atoms in total. The zero-order valence-corrected chi connectivity index (χ0v) is 10.1. The Kier molecular flexibility index (Phi) is 4.33. The van der Waals surface area contributed by atoms with Gasteiger partial charge in [-0.1, -0.05) is 15.9 Å². The van der Waals surface area contributed by atoms with E-state index in [1.165, 1.54) is 7.11 Å². The summed E-state index contributed by atoms with van der Waals surface area (Å²) in [6.45, 7) is 0. The molecule has 94 valence electrons. The number of ether oxygens (including phenoxy) is 2. The van der Waals surface area contributed by atoms with Crippen molar-refractivity contribution >= 4 is 22.2 Å². The number of alkyl halides is 4. The van der Waals surface area contributed by atoms with Crippen molar-refractivity contribution in [2.75, 3.05) is 7.11 Å². The third-order valence-corrected chi connectivity index (χ3v) is 2.34. The van der Waals surface area contributed by atoms with Crippen molar-refractivity contribution in [2.45, 2.75) is 11.7 Å². The summed E-state index contributed by atoms with van der Waals surface area (Å²) in [5.41, 5.74) is 0.0903. The largest absolute Gasteiger partial charge is 0.574 e. The van der Waals surface area contributed by atoms with Crippen molar-refractivity contribution in [3.63, 3.8) is 0 Å². The van der Waals surface area contributed by atoms with Gasteiger partial charge in [-0.3, -0.25) is 4.79 Å². The van der Waals surface area contributed by atoms with Crippen molar-refractivity contribution in [3.8, 4) is 11.6 Å². The normalized spacial score (nSPS) is 11.1. The first-order chi connectivity index (χ1) is 7.91. The van der Waals surface area contributed by atoms with Crippen molar-refractivity contribution in [3.05, 3.63) is 17.3 Å². The summed E-state index contributed by atoms with van der Waals surface area (Å²) >= 11 is 3.07. The van der Waals surface area contributed by atoms with Crippen LogP contribution in [0.2, 0.25) is 0 Å². The highest BCUT2D eigenvalue weighted by Gasteiger charge is 2.32. The Hall–Kier alpha value is -1.31. The number of hydrogen-bond acceptors (Lipinski definition) is 4. The molecular formula is C9H7BrF3NO3. The Morgan fingerprint density at radius 1 is 1.53 bits per heavy atom. The van der Waals surface area contributed by atoms with Crippen LogP contribution in [0.5, 0.6) is 11.6 Å². The van der Waals surface area contributed by atoms with E-state index in [2.05, 4.69) is 25.7 Å². The number of pyridine rings is 1. The van der Waals surface area contributed by atoms with Gasteiger partial charge in [0.15, 0.2) is 12.0 Å². The van der Waals surface area contributed by atoms with Crippen molar-refractivity contribution in [1.82, 2.24) is 4.98 Å². The van der Waals surface area contributed by atoms with E-state index in [1.807, 2.05) is 0 Å². The van der Waals surface area contributed by atoms with Crippen LogP contribution in [0.25, 0.3) is 0 Å². The van der Waals surface area contributed by atoms with Gasteiger partial charge in [0, 0.05) is 17.0 Å². The van der Waals surface area contributed by atoms with E-state index in [-0.39, 0.29) is 16.8 Å². The molecule has 0 atom stereocenters. The van der Waals surface area contributed by atoms with Crippen molar-refractivity contribution < 1.29 is 27.4 Å². The second-order valence-electron chi connectivity index (χ2n) is 2.84. The number of aldehydes is 1. The number of nitrogens with zero attached hydrogens (tertiary/aromatic N) is 1. The molecule has 0 aliphatic carbocycles. The summed E-state index contributed by atoms with van der Waals surface area (Å²) in [5.74, 6) is -0.582. The van der Waals surface area contributed by atoms with E-state index < -0.39 is 12.2 Å². The highest BCUT2D eigenvalue weighted by molar-refractivity contribution is 9.08. The van der Waals surface area contributed by atoms with E-state index in [1.54, 1.807) is 0 Å². The number of rotatable bonds is 4. The molecule has 0 saturated heterocycles. The fraction of sp³-hybridized carbons (Fsp3) is 0.333. The van der Waals surface area contributed by atoms with Crippen LogP contribution in [-0.4, -0.2) is 24.7 Å². The Morgan fingerprint density at radius 2 is 2.18 bits per heavy atom. The molecule has 0 N–H and O–H groups in total. The van der Waals surface area contributed by atoms with Crippen LogP contribution in [0, 0.1) is 0 Å². The lowest BCUT2D eigenvalue weighted by Crippen LogP contribution is -2.18. The van der Waals surface area contributed by atoms with E-state index >= 15 is 0 Å². The minimum absolute atomic E-state index is 0.117. The average molecular weight is 314 g/mol. The first kappa shape index (κ1) is 13.8. The average Bonchev–Trinajstić information content (AvgIpc) is 2.25. The number of halogens is 4. The van der Waals surface area contributed by atoms with Crippen molar-refractivity contribution in [1.29, 1.82) is 0 Å². The molecule has 1 rings (SSSR count). The Labute approximate surface area is 103 Å². The van der Waals surface area contributed by atoms with Gasteiger partial charge in [0.05, 0.1) is 7.11 Å². The molecule has 0 aliphatic rings. The van der Waals surface area contributed by atoms with Crippen LogP contribution in [-0.2, 0) is 5.33 Å². The predicted octanol–water partition coefficient (Wildman–Crippen LogP) is 2.70. The molecule has 1 heterocycles. The van der Waals surface area contributed by atoms with Crippen molar-refractivity contribution in [2.24, 2.45) is 0 Å². The first-order valence-electron chi connectivity index (χ1n) is 4.26. The van der Waals surface area contributed by atoms with Gasteiger partial charge in [-0.2, -0.15) is 0 Å². The molecule has 1 aromatic rings. The maximum Gasteiger partial charge on any atom is 0.574 e. The molecular weight excluding hydrogens is 307 g/mol. The fourth-order valence-corrected chi connectivity index (χ4v) is 1.58. The van der Waals surface area contributed by atoms with Crippen LogP contribution in [0.15, 0.2) is 6.07 Å². The number of carbonyl (C=O) groups is 1. The molecule has 0 spiro atoms. The van der Waals surface area contributed by atoms with Gasteiger partial charge in [-0.05, 0) is 0 Å². The van der Waals surface area contributed by atoms with Gasteiger partial charge in [0.1, 0.15) is 5.69 Å². The summed E-state index contributed by atoms with van der Waals surface area (Å²) in [6.07, 6.45) is -4.56. The lowest BCUT2D eigenvalue weighted by atomic mass is 10.2. The van der Waals surface area contributed by atoms with Crippen LogP contribution in [0.3, 0.4) is 0 Å². The van der Waals surface area contributed by atoms with E-state index in [0.29, 0.717) is 11.8 Å². The number of carbonyl (C=O) groups excluding carboxylic acids is 1. The van der Waals surface area contributed by atoms with Gasteiger partial charge in [0.25, 0.3) is 0 Å².